The fraction of sp³-hybridized carbons (Fsp3) is 0.636. The van der Waals surface area contributed by atoms with Crippen molar-refractivity contribution >= 4 is 23.3 Å². The van der Waals surface area contributed by atoms with Crippen LogP contribution in [0.5, 0.6) is 0 Å². The molecule has 0 unspecified atom stereocenters. The third-order valence-electron chi connectivity index (χ3n) is 2.48. The van der Waals surface area contributed by atoms with Crippen LogP contribution in [0.2, 0.25) is 0 Å². The van der Waals surface area contributed by atoms with E-state index in [1.54, 1.807) is 11.8 Å². The highest BCUT2D eigenvalue weighted by Gasteiger charge is 2.21. The molecule has 1 aromatic rings. The summed E-state index contributed by atoms with van der Waals surface area (Å²) in [5, 5.41) is 15.3. The number of amides is 1. The summed E-state index contributed by atoms with van der Waals surface area (Å²) in [5.41, 5.74) is 6.07. The van der Waals surface area contributed by atoms with Gasteiger partial charge in [-0.3, -0.25) is 4.79 Å². The number of rotatable bonds is 6. The van der Waals surface area contributed by atoms with Gasteiger partial charge in [0.25, 0.3) is 5.91 Å². The maximum atomic E-state index is 12.4. The molecule has 0 radical (unpaired) electrons. The Morgan fingerprint density at radius 2 is 2.26 bits per heavy atom. The predicted molar refractivity (Wildman–Crippen MR) is 73.4 cm³/mol. The molecule has 3 N–H and O–H groups in total. The molecular formula is C11H19N5O2S. The first-order chi connectivity index (χ1) is 8.95. The van der Waals surface area contributed by atoms with Gasteiger partial charge in [0.15, 0.2) is 0 Å². The SMILES string of the molecule is Cc1nnsc1C(=O)N(CCC(N)=NO)CC(C)C. The van der Waals surface area contributed by atoms with E-state index >= 15 is 0 Å². The molecule has 0 aliphatic heterocycles. The Kier molecular flexibility index (Phi) is 5.68. The zero-order valence-electron chi connectivity index (χ0n) is 11.3. The second-order valence-electron chi connectivity index (χ2n) is 4.67. The first kappa shape index (κ1) is 15.4. The molecule has 0 aromatic carbocycles. The van der Waals surface area contributed by atoms with Crippen molar-refractivity contribution in [1.82, 2.24) is 14.5 Å². The number of hydrogen-bond donors (Lipinski definition) is 2. The smallest absolute Gasteiger partial charge is 0.267 e. The van der Waals surface area contributed by atoms with Crippen LogP contribution in [-0.2, 0) is 0 Å². The van der Waals surface area contributed by atoms with Gasteiger partial charge in [-0.25, -0.2) is 0 Å². The van der Waals surface area contributed by atoms with Crippen molar-refractivity contribution in [1.29, 1.82) is 0 Å². The normalized spacial score (nSPS) is 11.9. The lowest BCUT2D eigenvalue weighted by Crippen LogP contribution is -2.36. The number of aryl methyl sites for hydroxylation is 1. The van der Waals surface area contributed by atoms with Crippen LogP contribution < -0.4 is 5.73 Å². The van der Waals surface area contributed by atoms with Crippen molar-refractivity contribution in [3.8, 4) is 0 Å². The van der Waals surface area contributed by atoms with Gasteiger partial charge in [-0.15, -0.1) is 5.10 Å². The van der Waals surface area contributed by atoms with Gasteiger partial charge in [0.2, 0.25) is 0 Å². The Balaban J connectivity index is 2.79. The molecule has 0 spiro atoms. The van der Waals surface area contributed by atoms with Gasteiger partial charge < -0.3 is 15.8 Å². The van der Waals surface area contributed by atoms with Crippen molar-refractivity contribution in [2.24, 2.45) is 16.8 Å². The Morgan fingerprint density at radius 1 is 1.58 bits per heavy atom. The molecule has 1 aromatic heterocycles. The Labute approximate surface area is 116 Å². The largest absolute Gasteiger partial charge is 0.409 e. The first-order valence-corrected chi connectivity index (χ1v) is 6.77. The van der Waals surface area contributed by atoms with Gasteiger partial charge in [-0.05, 0) is 24.4 Å². The van der Waals surface area contributed by atoms with E-state index in [4.69, 9.17) is 10.9 Å². The summed E-state index contributed by atoms with van der Waals surface area (Å²) >= 11 is 1.09. The van der Waals surface area contributed by atoms with Gasteiger partial charge in [0.05, 0.1) is 5.69 Å². The third kappa shape index (κ3) is 4.47. The van der Waals surface area contributed by atoms with Crippen molar-refractivity contribution in [3.63, 3.8) is 0 Å². The topological polar surface area (TPSA) is 105 Å². The number of amidine groups is 1. The molecule has 7 nitrogen and oxygen atoms in total. The lowest BCUT2D eigenvalue weighted by molar-refractivity contribution is 0.0744. The second-order valence-corrected chi connectivity index (χ2v) is 5.43. The van der Waals surface area contributed by atoms with Crippen molar-refractivity contribution in [3.05, 3.63) is 10.6 Å². The zero-order chi connectivity index (χ0) is 14.4. The zero-order valence-corrected chi connectivity index (χ0v) is 12.1. The summed E-state index contributed by atoms with van der Waals surface area (Å²) in [6, 6.07) is 0. The van der Waals surface area contributed by atoms with Crippen LogP contribution in [-0.4, -0.2) is 44.5 Å². The predicted octanol–water partition coefficient (Wildman–Crippen LogP) is 1.08. The Morgan fingerprint density at radius 3 is 2.74 bits per heavy atom. The van der Waals surface area contributed by atoms with Crippen LogP contribution in [0.4, 0.5) is 0 Å². The van der Waals surface area contributed by atoms with E-state index in [-0.39, 0.29) is 11.7 Å². The van der Waals surface area contributed by atoms with E-state index in [1.807, 2.05) is 13.8 Å². The fourth-order valence-electron chi connectivity index (χ4n) is 1.59. The highest BCUT2D eigenvalue weighted by atomic mass is 32.1. The van der Waals surface area contributed by atoms with Gasteiger partial charge in [0.1, 0.15) is 10.7 Å². The number of aromatic nitrogens is 2. The van der Waals surface area contributed by atoms with Gasteiger partial charge in [-0.1, -0.05) is 23.5 Å². The summed E-state index contributed by atoms with van der Waals surface area (Å²) in [6.07, 6.45) is 0.334. The standard InChI is InChI=1S/C11H19N5O2S/c1-7(2)6-16(5-4-9(12)14-18)11(17)10-8(3)13-15-19-10/h7,18H,4-6H2,1-3H3,(H2,12,14). The third-order valence-corrected chi connectivity index (χ3v) is 3.30. The van der Waals surface area contributed by atoms with Crippen LogP contribution in [0, 0.1) is 12.8 Å². The van der Waals surface area contributed by atoms with Crippen molar-refractivity contribution in [2.75, 3.05) is 13.1 Å². The Hall–Kier alpha value is -1.70. The minimum Gasteiger partial charge on any atom is -0.409 e. The molecule has 1 rings (SSSR count). The second kappa shape index (κ2) is 7.03. The number of carbonyl (C=O) groups excluding carboxylic acids is 1. The monoisotopic (exact) mass is 285 g/mol. The molecule has 8 heteroatoms. The van der Waals surface area contributed by atoms with Crippen molar-refractivity contribution < 1.29 is 10.0 Å². The van der Waals surface area contributed by atoms with Crippen LogP contribution >= 0.6 is 11.5 Å². The summed E-state index contributed by atoms with van der Waals surface area (Å²) in [7, 11) is 0. The molecule has 0 aliphatic rings. The lowest BCUT2D eigenvalue weighted by Gasteiger charge is -2.23. The molecule has 1 amide bonds. The van der Waals surface area contributed by atoms with Crippen LogP contribution in [0.25, 0.3) is 0 Å². The molecule has 0 bridgehead atoms. The van der Waals surface area contributed by atoms with E-state index in [2.05, 4.69) is 14.7 Å². The highest BCUT2D eigenvalue weighted by molar-refractivity contribution is 7.07. The lowest BCUT2D eigenvalue weighted by atomic mass is 10.2. The fourth-order valence-corrected chi connectivity index (χ4v) is 2.21. The summed E-state index contributed by atoms with van der Waals surface area (Å²) in [5.74, 6) is 0.338. The van der Waals surface area contributed by atoms with Crippen LogP contribution in [0.1, 0.15) is 35.6 Å². The molecule has 106 valence electrons. The quantitative estimate of drug-likeness (QED) is 0.352. The molecule has 0 saturated carbocycles. The summed E-state index contributed by atoms with van der Waals surface area (Å²) < 4.78 is 3.77. The molecule has 0 aliphatic carbocycles. The number of carbonyl (C=O) groups is 1. The maximum absolute atomic E-state index is 12.4. The highest BCUT2D eigenvalue weighted by Crippen LogP contribution is 2.14. The van der Waals surface area contributed by atoms with Gasteiger partial charge in [-0.2, -0.15) is 0 Å². The number of hydrogen-bond acceptors (Lipinski definition) is 6. The summed E-state index contributed by atoms with van der Waals surface area (Å²) in [4.78, 5) is 14.6. The van der Waals surface area contributed by atoms with E-state index in [9.17, 15) is 4.79 Å². The molecule has 0 fully saturated rings. The van der Waals surface area contributed by atoms with E-state index in [0.29, 0.717) is 36.0 Å². The van der Waals surface area contributed by atoms with Gasteiger partial charge in [0, 0.05) is 19.5 Å². The minimum absolute atomic E-state index is 0.105. The van der Waals surface area contributed by atoms with E-state index in [0.717, 1.165) is 11.5 Å². The first-order valence-electron chi connectivity index (χ1n) is 6.00. The molecule has 19 heavy (non-hydrogen) atoms. The van der Waals surface area contributed by atoms with Crippen LogP contribution in [0.3, 0.4) is 0 Å². The number of oxime groups is 1. The number of nitrogens with zero attached hydrogens (tertiary/aromatic N) is 4. The van der Waals surface area contributed by atoms with Gasteiger partial charge >= 0.3 is 0 Å². The Bertz CT molecular complexity index is 458. The van der Waals surface area contributed by atoms with Crippen LogP contribution in [0.15, 0.2) is 5.16 Å². The molecular weight excluding hydrogens is 266 g/mol. The minimum atomic E-state index is -0.105. The molecule has 0 atom stereocenters. The molecule has 0 saturated heterocycles. The maximum Gasteiger partial charge on any atom is 0.267 e. The number of nitrogens with two attached hydrogens (primary N) is 1. The molecule has 1 heterocycles. The van der Waals surface area contributed by atoms with E-state index < -0.39 is 0 Å². The average Bonchev–Trinajstić information content (AvgIpc) is 2.78. The summed E-state index contributed by atoms with van der Waals surface area (Å²) in [6.45, 7) is 6.83. The average molecular weight is 285 g/mol. The van der Waals surface area contributed by atoms with Crippen molar-refractivity contribution in [2.45, 2.75) is 27.2 Å². The van der Waals surface area contributed by atoms with E-state index in [1.165, 1.54) is 0 Å².